The van der Waals surface area contributed by atoms with Crippen molar-refractivity contribution in [3.63, 3.8) is 0 Å². The van der Waals surface area contributed by atoms with Crippen molar-refractivity contribution < 1.29 is 14.3 Å². The molecular formula is C28H36N2O3. The Hall–Kier alpha value is -3.08. The zero-order chi connectivity index (χ0) is 24.0. The molecule has 0 unspecified atom stereocenters. The van der Waals surface area contributed by atoms with Gasteiger partial charge in [0.25, 0.3) is 11.8 Å². The number of nitrogens with zero attached hydrogens (tertiary/aromatic N) is 1. The molecule has 2 aromatic rings. The molecule has 0 aliphatic heterocycles. The third kappa shape index (κ3) is 5.84. The highest BCUT2D eigenvalue weighted by atomic mass is 16.5. The normalized spacial score (nSPS) is 14.9. The molecule has 2 amide bonds. The Morgan fingerprint density at radius 2 is 1.79 bits per heavy atom. The van der Waals surface area contributed by atoms with E-state index < -0.39 is 0 Å². The molecule has 0 radical (unpaired) electrons. The average Bonchev–Trinajstić information content (AvgIpc) is 2.80. The van der Waals surface area contributed by atoms with Crippen LogP contribution in [0.15, 0.2) is 49.1 Å². The van der Waals surface area contributed by atoms with E-state index >= 15 is 0 Å². The van der Waals surface area contributed by atoms with Gasteiger partial charge >= 0.3 is 0 Å². The van der Waals surface area contributed by atoms with E-state index in [2.05, 4.69) is 12.0 Å². The van der Waals surface area contributed by atoms with Gasteiger partial charge in [-0.2, -0.15) is 0 Å². The molecule has 1 saturated carbocycles. The van der Waals surface area contributed by atoms with E-state index in [9.17, 15) is 9.59 Å². The van der Waals surface area contributed by atoms with E-state index in [-0.39, 0.29) is 17.9 Å². The Kier molecular flexibility index (Phi) is 8.32. The van der Waals surface area contributed by atoms with Crippen LogP contribution in [0.2, 0.25) is 0 Å². The Morgan fingerprint density at radius 1 is 1.12 bits per heavy atom. The summed E-state index contributed by atoms with van der Waals surface area (Å²) < 4.78 is 5.39. The highest BCUT2D eigenvalue weighted by Crippen LogP contribution is 2.31. The number of carbonyl (C=O) groups is 2. The Labute approximate surface area is 197 Å². The zero-order valence-electron chi connectivity index (χ0n) is 20.3. The minimum atomic E-state index is -0.311. The van der Waals surface area contributed by atoms with Gasteiger partial charge in [-0.1, -0.05) is 48.6 Å². The fourth-order valence-corrected chi connectivity index (χ4v) is 4.97. The first kappa shape index (κ1) is 24.6. The molecule has 0 bridgehead atoms. The average molecular weight is 449 g/mol. The topological polar surface area (TPSA) is 58.6 Å². The van der Waals surface area contributed by atoms with Crippen LogP contribution in [0.25, 0.3) is 0 Å². The van der Waals surface area contributed by atoms with Crippen LogP contribution in [0.3, 0.4) is 0 Å². The summed E-state index contributed by atoms with van der Waals surface area (Å²) in [6.45, 7) is 9.76. The van der Waals surface area contributed by atoms with Gasteiger partial charge in [-0.05, 0) is 70.2 Å². The van der Waals surface area contributed by atoms with Crippen LogP contribution in [-0.4, -0.2) is 30.0 Å². The van der Waals surface area contributed by atoms with Crippen molar-refractivity contribution in [3.8, 4) is 5.75 Å². The van der Waals surface area contributed by atoms with Crippen molar-refractivity contribution in [2.75, 3.05) is 7.11 Å². The smallest absolute Gasteiger partial charge is 0.272 e. The molecule has 0 aromatic heterocycles. The lowest BCUT2D eigenvalue weighted by atomic mass is 9.82. The minimum absolute atomic E-state index is 0.147. The quantitative estimate of drug-likeness (QED) is 0.422. The lowest BCUT2D eigenvalue weighted by Gasteiger charge is -2.38. The number of hydrazine groups is 1. The molecule has 0 saturated heterocycles. The number of ether oxygens (including phenoxy) is 1. The van der Waals surface area contributed by atoms with Crippen LogP contribution < -0.4 is 10.2 Å². The van der Waals surface area contributed by atoms with Gasteiger partial charge in [0, 0.05) is 16.7 Å². The van der Waals surface area contributed by atoms with Crippen LogP contribution in [0.5, 0.6) is 5.75 Å². The van der Waals surface area contributed by atoms with Gasteiger partial charge in [0.2, 0.25) is 0 Å². The monoisotopic (exact) mass is 448 g/mol. The van der Waals surface area contributed by atoms with Crippen LogP contribution in [-0.2, 0) is 0 Å². The predicted molar refractivity (Wildman–Crippen MR) is 132 cm³/mol. The molecule has 3 rings (SSSR count). The second kappa shape index (κ2) is 11.2. The number of carbonyl (C=O) groups excluding carboxylic acids is 2. The number of rotatable bonds is 7. The van der Waals surface area contributed by atoms with E-state index in [0.717, 1.165) is 42.4 Å². The van der Waals surface area contributed by atoms with Crippen molar-refractivity contribution in [2.45, 2.75) is 65.3 Å². The van der Waals surface area contributed by atoms with Gasteiger partial charge in [-0.25, -0.2) is 5.01 Å². The summed E-state index contributed by atoms with van der Waals surface area (Å²) in [6.07, 6.45) is 8.08. The van der Waals surface area contributed by atoms with Crippen LogP contribution in [0.4, 0.5) is 0 Å². The summed E-state index contributed by atoms with van der Waals surface area (Å²) in [5, 5.41) is 1.58. The van der Waals surface area contributed by atoms with Crippen LogP contribution in [0, 0.1) is 26.7 Å². The summed E-state index contributed by atoms with van der Waals surface area (Å²) in [5.74, 6) is 0.463. The van der Waals surface area contributed by atoms with Crippen molar-refractivity contribution in [3.05, 3.63) is 76.9 Å². The van der Waals surface area contributed by atoms with E-state index in [1.165, 1.54) is 6.42 Å². The summed E-state index contributed by atoms with van der Waals surface area (Å²) in [4.78, 5) is 27.3. The first-order valence-corrected chi connectivity index (χ1v) is 11.8. The van der Waals surface area contributed by atoms with Crippen molar-refractivity contribution >= 4 is 11.8 Å². The molecular weight excluding hydrogens is 412 g/mol. The second-order valence-corrected chi connectivity index (χ2v) is 9.12. The lowest BCUT2D eigenvalue weighted by Crippen LogP contribution is -2.54. The molecule has 1 aliphatic carbocycles. The first-order valence-electron chi connectivity index (χ1n) is 11.8. The number of methoxy groups -OCH3 is 1. The standard InChI is InChI=1S/C28H36N2O3/c1-6-11-25(22-12-8-7-9-13-22)30(28(32)23-17-19(2)16-20(3)18-23)29-27(31)24-14-10-15-26(33-5)21(24)4/h6,10,14-18,22,25H,1,7-9,11-13H2,2-5H3,(H,29,31)/t25-/m1/s1. The van der Waals surface area contributed by atoms with Gasteiger partial charge in [0.15, 0.2) is 0 Å². The van der Waals surface area contributed by atoms with Crippen molar-refractivity contribution in [1.82, 2.24) is 10.4 Å². The molecule has 1 atom stereocenters. The molecule has 5 nitrogen and oxygen atoms in total. The molecule has 2 aromatic carbocycles. The number of nitrogens with one attached hydrogen (secondary N) is 1. The van der Waals surface area contributed by atoms with E-state index in [1.54, 1.807) is 24.3 Å². The first-order chi connectivity index (χ1) is 15.8. The van der Waals surface area contributed by atoms with Gasteiger partial charge in [0.1, 0.15) is 5.75 Å². The molecule has 0 heterocycles. The molecule has 176 valence electrons. The van der Waals surface area contributed by atoms with Crippen LogP contribution in [0.1, 0.15) is 75.9 Å². The Bertz CT molecular complexity index is 988. The van der Waals surface area contributed by atoms with E-state index in [0.29, 0.717) is 29.2 Å². The largest absolute Gasteiger partial charge is 0.496 e. The fraction of sp³-hybridized carbons (Fsp3) is 0.429. The molecule has 1 aliphatic rings. The highest BCUT2D eigenvalue weighted by Gasteiger charge is 2.33. The summed E-state index contributed by atoms with van der Waals surface area (Å²) in [5.41, 5.74) is 6.85. The predicted octanol–water partition coefficient (Wildman–Crippen LogP) is 5.93. The molecule has 33 heavy (non-hydrogen) atoms. The van der Waals surface area contributed by atoms with Gasteiger partial charge in [-0.15, -0.1) is 6.58 Å². The van der Waals surface area contributed by atoms with Crippen molar-refractivity contribution in [2.24, 2.45) is 5.92 Å². The lowest BCUT2D eigenvalue weighted by molar-refractivity contribution is 0.0357. The number of aryl methyl sites for hydroxylation is 2. The zero-order valence-corrected chi connectivity index (χ0v) is 20.3. The summed E-state index contributed by atoms with van der Waals surface area (Å²) in [6, 6.07) is 11.0. The fourth-order valence-electron chi connectivity index (χ4n) is 4.97. The maximum absolute atomic E-state index is 13.8. The van der Waals surface area contributed by atoms with Crippen molar-refractivity contribution in [1.29, 1.82) is 0 Å². The Morgan fingerprint density at radius 3 is 2.39 bits per heavy atom. The number of benzene rings is 2. The number of hydrogen-bond donors (Lipinski definition) is 1. The van der Waals surface area contributed by atoms with Crippen LogP contribution >= 0.6 is 0 Å². The third-order valence-corrected chi connectivity index (χ3v) is 6.59. The molecule has 1 N–H and O–H groups in total. The van der Waals surface area contributed by atoms with Gasteiger partial charge in [0.05, 0.1) is 13.2 Å². The summed E-state index contributed by atoms with van der Waals surface area (Å²) >= 11 is 0. The van der Waals surface area contributed by atoms with E-state index in [4.69, 9.17) is 4.74 Å². The number of hydrogen-bond acceptors (Lipinski definition) is 3. The molecule has 1 fully saturated rings. The maximum atomic E-state index is 13.8. The SMILES string of the molecule is C=CC[C@H](C1CCCCC1)N(NC(=O)c1cccc(OC)c1C)C(=O)c1cc(C)cc(C)c1. The molecule has 0 spiro atoms. The number of amides is 2. The van der Waals surface area contributed by atoms with E-state index in [1.807, 2.05) is 51.1 Å². The maximum Gasteiger partial charge on any atom is 0.272 e. The van der Waals surface area contributed by atoms with Gasteiger partial charge in [-0.3, -0.25) is 15.0 Å². The highest BCUT2D eigenvalue weighted by molar-refractivity contribution is 6.00. The Balaban J connectivity index is 2.00. The minimum Gasteiger partial charge on any atom is -0.496 e. The molecule has 5 heteroatoms. The second-order valence-electron chi connectivity index (χ2n) is 9.12. The van der Waals surface area contributed by atoms with Gasteiger partial charge < -0.3 is 4.74 Å². The summed E-state index contributed by atoms with van der Waals surface area (Å²) in [7, 11) is 1.59. The third-order valence-electron chi connectivity index (χ3n) is 6.59.